The van der Waals surface area contributed by atoms with Gasteiger partial charge in [0.1, 0.15) is 0 Å². The average Bonchev–Trinajstić information content (AvgIpc) is 2.32. The quantitative estimate of drug-likeness (QED) is 0.377. The normalized spacial score (nSPS) is 11.5. The standard InChI is InChI=1S/C11H15ClN2O4S/c1-8-6-10(7-11(9(8)2)14(15)16)19(17,18)13-5-3-4-12/h6-7,13H,3-5H2,1-2H3. The summed E-state index contributed by atoms with van der Waals surface area (Å²) in [7, 11) is -3.74. The van der Waals surface area contributed by atoms with Crippen molar-refractivity contribution in [3.05, 3.63) is 33.4 Å². The number of nitrogens with zero attached hydrogens (tertiary/aromatic N) is 1. The maximum atomic E-state index is 12.0. The second-order valence-electron chi connectivity index (χ2n) is 4.08. The lowest BCUT2D eigenvalue weighted by molar-refractivity contribution is -0.385. The van der Waals surface area contributed by atoms with Gasteiger partial charge in [0.25, 0.3) is 5.69 Å². The Kier molecular flexibility index (Phi) is 5.28. The van der Waals surface area contributed by atoms with E-state index in [1.54, 1.807) is 13.8 Å². The topological polar surface area (TPSA) is 89.3 Å². The van der Waals surface area contributed by atoms with E-state index in [9.17, 15) is 18.5 Å². The van der Waals surface area contributed by atoms with Crippen LogP contribution in [0.15, 0.2) is 17.0 Å². The number of hydrogen-bond acceptors (Lipinski definition) is 4. The molecule has 0 aliphatic heterocycles. The number of nitro groups is 1. The average molecular weight is 307 g/mol. The molecular formula is C11H15ClN2O4S. The van der Waals surface area contributed by atoms with Crippen LogP contribution in [-0.4, -0.2) is 25.8 Å². The van der Waals surface area contributed by atoms with Crippen molar-refractivity contribution in [3.63, 3.8) is 0 Å². The van der Waals surface area contributed by atoms with E-state index >= 15 is 0 Å². The van der Waals surface area contributed by atoms with Crippen LogP contribution in [0.2, 0.25) is 0 Å². The minimum atomic E-state index is -3.74. The second-order valence-corrected chi connectivity index (χ2v) is 6.23. The molecule has 0 saturated heterocycles. The van der Waals surface area contributed by atoms with Gasteiger partial charge >= 0.3 is 0 Å². The SMILES string of the molecule is Cc1cc(S(=O)(=O)NCCCCl)cc([N+](=O)[O-])c1C. The van der Waals surface area contributed by atoms with E-state index in [0.717, 1.165) is 6.07 Å². The largest absolute Gasteiger partial charge is 0.273 e. The molecule has 1 rings (SSSR count). The van der Waals surface area contributed by atoms with E-state index in [1.807, 2.05) is 0 Å². The van der Waals surface area contributed by atoms with E-state index in [2.05, 4.69) is 4.72 Å². The monoisotopic (exact) mass is 306 g/mol. The summed E-state index contributed by atoms with van der Waals surface area (Å²) in [6, 6.07) is 2.50. The molecule has 0 bridgehead atoms. The Hall–Kier alpha value is -1.18. The van der Waals surface area contributed by atoms with Crippen LogP contribution in [0.4, 0.5) is 5.69 Å². The maximum absolute atomic E-state index is 12.0. The van der Waals surface area contributed by atoms with Crippen molar-refractivity contribution in [1.29, 1.82) is 0 Å². The number of benzene rings is 1. The van der Waals surface area contributed by atoms with Gasteiger partial charge in [0.05, 0.1) is 9.82 Å². The summed E-state index contributed by atoms with van der Waals surface area (Å²) in [6.07, 6.45) is 0.494. The molecule has 1 N–H and O–H groups in total. The van der Waals surface area contributed by atoms with Crippen LogP contribution in [0.1, 0.15) is 17.5 Å². The zero-order valence-corrected chi connectivity index (χ0v) is 12.2. The van der Waals surface area contributed by atoms with Gasteiger partial charge in [-0.2, -0.15) is 0 Å². The molecule has 0 fully saturated rings. The van der Waals surface area contributed by atoms with Gasteiger partial charge in [-0.3, -0.25) is 10.1 Å². The third kappa shape index (κ3) is 3.89. The highest BCUT2D eigenvalue weighted by Crippen LogP contribution is 2.25. The second kappa shape index (κ2) is 6.31. The summed E-state index contributed by atoms with van der Waals surface area (Å²) < 4.78 is 26.3. The molecule has 106 valence electrons. The van der Waals surface area contributed by atoms with Crippen molar-refractivity contribution in [2.75, 3.05) is 12.4 Å². The Morgan fingerprint density at radius 3 is 2.53 bits per heavy atom. The molecule has 0 heterocycles. The lowest BCUT2D eigenvalue weighted by Crippen LogP contribution is -2.25. The molecule has 6 nitrogen and oxygen atoms in total. The first-order valence-corrected chi connectivity index (χ1v) is 7.62. The number of rotatable bonds is 6. The lowest BCUT2D eigenvalue weighted by Gasteiger charge is -2.08. The Bertz CT molecular complexity index is 587. The van der Waals surface area contributed by atoms with Crippen molar-refractivity contribution < 1.29 is 13.3 Å². The highest BCUT2D eigenvalue weighted by molar-refractivity contribution is 7.89. The van der Waals surface area contributed by atoms with Crippen LogP contribution in [-0.2, 0) is 10.0 Å². The van der Waals surface area contributed by atoms with E-state index in [-0.39, 0.29) is 17.1 Å². The number of halogens is 1. The molecule has 0 spiro atoms. The predicted octanol–water partition coefficient (Wildman–Crippen LogP) is 2.12. The molecule has 0 unspecified atom stereocenters. The fourth-order valence-corrected chi connectivity index (χ4v) is 2.82. The zero-order valence-electron chi connectivity index (χ0n) is 10.6. The van der Waals surface area contributed by atoms with Gasteiger partial charge in [-0.15, -0.1) is 11.6 Å². The molecule has 0 atom stereocenters. The molecule has 1 aromatic rings. The molecule has 0 radical (unpaired) electrons. The molecule has 0 amide bonds. The first-order chi connectivity index (χ1) is 8.79. The van der Waals surface area contributed by atoms with Gasteiger partial charge in [0.15, 0.2) is 0 Å². The molecular weight excluding hydrogens is 292 g/mol. The number of sulfonamides is 1. The van der Waals surface area contributed by atoms with Crippen molar-refractivity contribution in [3.8, 4) is 0 Å². The van der Waals surface area contributed by atoms with Gasteiger partial charge < -0.3 is 0 Å². The molecule has 0 saturated carbocycles. The highest BCUT2D eigenvalue weighted by atomic mass is 35.5. The Labute approximate surface area is 117 Å². The Morgan fingerprint density at radius 2 is 2.00 bits per heavy atom. The molecule has 0 aromatic heterocycles. The summed E-state index contributed by atoms with van der Waals surface area (Å²) in [5.74, 6) is 0.343. The minimum absolute atomic E-state index is 0.100. The van der Waals surface area contributed by atoms with Crippen LogP contribution in [0.5, 0.6) is 0 Å². The molecule has 19 heavy (non-hydrogen) atoms. The Morgan fingerprint density at radius 1 is 1.37 bits per heavy atom. The predicted molar refractivity (Wildman–Crippen MR) is 73.1 cm³/mol. The summed E-state index contributed by atoms with van der Waals surface area (Å²) in [5.41, 5.74) is 0.828. The number of nitro benzene ring substituents is 1. The maximum Gasteiger partial charge on any atom is 0.273 e. The van der Waals surface area contributed by atoms with E-state index in [0.29, 0.717) is 23.4 Å². The molecule has 1 aromatic carbocycles. The van der Waals surface area contributed by atoms with E-state index in [4.69, 9.17) is 11.6 Å². The summed E-state index contributed by atoms with van der Waals surface area (Å²) >= 11 is 5.47. The number of hydrogen-bond donors (Lipinski definition) is 1. The van der Waals surface area contributed by atoms with Gasteiger partial charge in [-0.25, -0.2) is 13.1 Å². The molecule has 8 heteroatoms. The summed E-state index contributed by atoms with van der Waals surface area (Å²) in [5, 5.41) is 10.9. The fraction of sp³-hybridized carbons (Fsp3) is 0.455. The summed E-state index contributed by atoms with van der Waals surface area (Å²) in [6.45, 7) is 3.43. The zero-order chi connectivity index (χ0) is 14.6. The van der Waals surface area contributed by atoms with Gasteiger partial charge in [-0.1, -0.05) is 0 Å². The van der Waals surface area contributed by atoms with Gasteiger partial charge in [0, 0.05) is 24.1 Å². The lowest BCUT2D eigenvalue weighted by atomic mass is 10.1. The van der Waals surface area contributed by atoms with Crippen molar-refractivity contribution >= 4 is 27.3 Å². The van der Waals surface area contributed by atoms with Crippen LogP contribution >= 0.6 is 11.6 Å². The highest BCUT2D eigenvalue weighted by Gasteiger charge is 2.21. The van der Waals surface area contributed by atoms with Gasteiger partial charge in [-0.05, 0) is 31.9 Å². The molecule has 0 aliphatic rings. The van der Waals surface area contributed by atoms with E-state index in [1.165, 1.54) is 6.07 Å². The van der Waals surface area contributed by atoms with Crippen molar-refractivity contribution in [2.24, 2.45) is 0 Å². The third-order valence-corrected chi connectivity index (χ3v) is 4.43. The fourth-order valence-electron chi connectivity index (χ4n) is 1.51. The van der Waals surface area contributed by atoms with Crippen molar-refractivity contribution in [2.45, 2.75) is 25.2 Å². The number of alkyl halides is 1. The van der Waals surface area contributed by atoms with Gasteiger partial charge in [0.2, 0.25) is 10.0 Å². The third-order valence-electron chi connectivity index (χ3n) is 2.72. The minimum Gasteiger partial charge on any atom is -0.258 e. The molecule has 0 aliphatic carbocycles. The van der Waals surface area contributed by atoms with Crippen molar-refractivity contribution in [1.82, 2.24) is 4.72 Å². The first-order valence-electron chi connectivity index (χ1n) is 5.61. The van der Waals surface area contributed by atoms with Crippen LogP contribution < -0.4 is 4.72 Å². The Balaban J connectivity index is 3.17. The van der Waals surface area contributed by atoms with E-state index < -0.39 is 14.9 Å². The smallest absolute Gasteiger partial charge is 0.258 e. The first kappa shape index (κ1) is 15.9. The summed E-state index contributed by atoms with van der Waals surface area (Å²) in [4.78, 5) is 10.2. The van der Waals surface area contributed by atoms with Crippen LogP contribution in [0, 0.1) is 24.0 Å². The van der Waals surface area contributed by atoms with Crippen LogP contribution in [0.25, 0.3) is 0 Å². The number of aryl methyl sites for hydroxylation is 1. The number of nitrogens with one attached hydrogen (secondary N) is 1. The van der Waals surface area contributed by atoms with Crippen LogP contribution in [0.3, 0.4) is 0 Å².